The number of hydrogen-bond acceptors (Lipinski definition) is 5. The molecule has 25 heavy (non-hydrogen) atoms. The number of sulfone groups is 1. The first-order valence-electron chi connectivity index (χ1n) is 7.44. The monoisotopic (exact) mass is 410 g/mol. The van der Waals surface area contributed by atoms with E-state index in [4.69, 9.17) is 27.9 Å². The average molecular weight is 411 g/mol. The lowest BCUT2D eigenvalue weighted by molar-refractivity contribution is -0.128. The number of anilines is 1. The van der Waals surface area contributed by atoms with E-state index in [2.05, 4.69) is 5.32 Å². The van der Waals surface area contributed by atoms with Gasteiger partial charge in [0.05, 0.1) is 22.8 Å². The Morgan fingerprint density at radius 1 is 1.12 bits per heavy atom. The fraction of sp³-hybridized carbons (Fsp3) is 0.467. The highest BCUT2D eigenvalue weighted by Gasteiger charge is 2.24. The Morgan fingerprint density at radius 3 is 2.24 bits per heavy atom. The molecular weight excluding hydrogens is 391 g/mol. The second-order valence-corrected chi connectivity index (χ2v) is 7.99. The zero-order chi connectivity index (χ0) is 19.2. The van der Waals surface area contributed by atoms with Gasteiger partial charge in [-0.3, -0.25) is 9.59 Å². The van der Waals surface area contributed by atoms with Gasteiger partial charge in [0.25, 0.3) is 0 Å². The standard InChI is InChI=1S/C15H20Cl2N2O5S/c1-4-19(5-2)15(21)9-25(22,23)8-14(20)18-12-7-13(24-3)11(17)6-10(12)16/h6-7H,4-5,8-9H2,1-3H3,(H,18,20). The molecule has 1 aromatic carbocycles. The summed E-state index contributed by atoms with van der Waals surface area (Å²) in [6.45, 7) is 4.29. The van der Waals surface area contributed by atoms with Gasteiger partial charge in [0.15, 0.2) is 9.84 Å². The van der Waals surface area contributed by atoms with Crippen LogP contribution in [0.4, 0.5) is 5.69 Å². The van der Waals surface area contributed by atoms with Crippen molar-refractivity contribution in [2.45, 2.75) is 13.8 Å². The van der Waals surface area contributed by atoms with Gasteiger partial charge in [-0.15, -0.1) is 0 Å². The Kier molecular flexibility index (Phi) is 7.98. The zero-order valence-corrected chi connectivity index (χ0v) is 16.5. The summed E-state index contributed by atoms with van der Waals surface area (Å²) >= 11 is 11.9. The van der Waals surface area contributed by atoms with E-state index in [-0.39, 0.29) is 21.5 Å². The van der Waals surface area contributed by atoms with Crippen molar-refractivity contribution in [2.75, 3.05) is 37.0 Å². The number of hydrogen-bond donors (Lipinski definition) is 1. The Hall–Kier alpha value is -1.51. The number of benzene rings is 1. The van der Waals surface area contributed by atoms with Crippen LogP contribution in [0.15, 0.2) is 12.1 Å². The van der Waals surface area contributed by atoms with Crippen molar-refractivity contribution in [2.24, 2.45) is 0 Å². The largest absolute Gasteiger partial charge is 0.495 e. The van der Waals surface area contributed by atoms with Crippen LogP contribution in [0.3, 0.4) is 0 Å². The molecule has 0 radical (unpaired) electrons. The number of amides is 2. The minimum absolute atomic E-state index is 0.135. The van der Waals surface area contributed by atoms with E-state index in [1.807, 2.05) is 0 Å². The van der Waals surface area contributed by atoms with Gasteiger partial charge in [-0.05, 0) is 19.9 Å². The highest BCUT2D eigenvalue weighted by Crippen LogP contribution is 2.34. The number of nitrogens with one attached hydrogen (secondary N) is 1. The summed E-state index contributed by atoms with van der Waals surface area (Å²) in [7, 11) is -2.51. The molecule has 0 spiro atoms. The van der Waals surface area contributed by atoms with Crippen LogP contribution in [-0.2, 0) is 19.4 Å². The van der Waals surface area contributed by atoms with Gasteiger partial charge < -0.3 is 15.0 Å². The molecule has 0 aliphatic rings. The molecule has 0 aliphatic heterocycles. The molecule has 0 bridgehead atoms. The van der Waals surface area contributed by atoms with Crippen LogP contribution in [0.5, 0.6) is 5.75 Å². The molecule has 0 fully saturated rings. The average Bonchev–Trinajstić information content (AvgIpc) is 2.49. The topological polar surface area (TPSA) is 92.8 Å². The fourth-order valence-corrected chi connectivity index (χ4v) is 3.71. The van der Waals surface area contributed by atoms with Crippen molar-refractivity contribution in [3.63, 3.8) is 0 Å². The molecule has 0 aromatic heterocycles. The minimum Gasteiger partial charge on any atom is -0.495 e. The number of carbonyl (C=O) groups excluding carboxylic acids is 2. The van der Waals surface area contributed by atoms with E-state index in [9.17, 15) is 18.0 Å². The van der Waals surface area contributed by atoms with E-state index in [0.29, 0.717) is 13.1 Å². The molecule has 0 heterocycles. The lowest BCUT2D eigenvalue weighted by Crippen LogP contribution is -2.37. The first-order chi connectivity index (χ1) is 11.6. The summed E-state index contributed by atoms with van der Waals surface area (Å²) < 4.78 is 29.1. The number of nitrogens with zero attached hydrogens (tertiary/aromatic N) is 1. The molecule has 0 aliphatic carbocycles. The highest BCUT2D eigenvalue weighted by atomic mass is 35.5. The third-order valence-electron chi connectivity index (χ3n) is 3.33. The highest BCUT2D eigenvalue weighted by molar-refractivity contribution is 7.92. The molecule has 1 N–H and O–H groups in total. The van der Waals surface area contributed by atoms with Gasteiger partial charge in [-0.25, -0.2) is 8.42 Å². The molecule has 10 heteroatoms. The van der Waals surface area contributed by atoms with E-state index in [1.165, 1.54) is 24.1 Å². The van der Waals surface area contributed by atoms with Crippen LogP contribution in [0.1, 0.15) is 13.8 Å². The van der Waals surface area contributed by atoms with Crippen molar-refractivity contribution in [3.05, 3.63) is 22.2 Å². The van der Waals surface area contributed by atoms with Gasteiger partial charge in [-0.2, -0.15) is 0 Å². The zero-order valence-electron chi connectivity index (χ0n) is 14.1. The van der Waals surface area contributed by atoms with Crippen LogP contribution in [0.2, 0.25) is 10.0 Å². The van der Waals surface area contributed by atoms with E-state index in [1.54, 1.807) is 13.8 Å². The number of carbonyl (C=O) groups is 2. The van der Waals surface area contributed by atoms with Crippen LogP contribution in [0.25, 0.3) is 0 Å². The number of methoxy groups -OCH3 is 1. The molecule has 0 unspecified atom stereocenters. The Morgan fingerprint density at radius 2 is 1.72 bits per heavy atom. The maximum atomic E-state index is 12.1. The predicted octanol–water partition coefficient (Wildman–Crippen LogP) is 2.22. The first kappa shape index (κ1) is 21.5. The van der Waals surface area contributed by atoms with Crippen LogP contribution < -0.4 is 10.1 Å². The lowest BCUT2D eigenvalue weighted by Gasteiger charge is -2.18. The fourth-order valence-electron chi connectivity index (χ4n) is 2.07. The van der Waals surface area contributed by atoms with Crippen molar-refractivity contribution in [3.8, 4) is 5.75 Å². The molecule has 0 atom stereocenters. The third kappa shape index (κ3) is 6.37. The van der Waals surface area contributed by atoms with E-state index >= 15 is 0 Å². The van der Waals surface area contributed by atoms with Gasteiger partial charge in [0.1, 0.15) is 17.3 Å². The van der Waals surface area contributed by atoms with Gasteiger partial charge >= 0.3 is 0 Å². The second kappa shape index (κ2) is 9.26. The molecule has 0 saturated heterocycles. The number of rotatable bonds is 8. The van der Waals surface area contributed by atoms with Gasteiger partial charge in [0, 0.05) is 19.2 Å². The SMILES string of the molecule is CCN(CC)C(=O)CS(=O)(=O)CC(=O)Nc1cc(OC)c(Cl)cc1Cl. The summed E-state index contributed by atoms with van der Waals surface area (Å²) in [6, 6.07) is 2.76. The molecular formula is C15H20Cl2N2O5S. The molecule has 0 saturated carbocycles. The van der Waals surface area contributed by atoms with Gasteiger partial charge in [-0.1, -0.05) is 23.2 Å². The predicted molar refractivity (Wildman–Crippen MR) is 98.2 cm³/mol. The summed E-state index contributed by atoms with van der Waals surface area (Å²) in [5, 5.41) is 2.77. The summed E-state index contributed by atoms with van der Waals surface area (Å²) in [6.07, 6.45) is 0. The minimum atomic E-state index is -3.91. The number of halogens is 2. The van der Waals surface area contributed by atoms with E-state index < -0.39 is 33.2 Å². The maximum absolute atomic E-state index is 12.1. The quantitative estimate of drug-likeness (QED) is 0.708. The third-order valence-corrected chi connectivity index (χ3v) is 5.32. The lowest BCUT2D eigenvalue weighted by atomic mass is 10.3. The second-order valence-electron chi connectivity index (χ2n) is 5.11. The van der Waals surface area contributed by atoms with Crippen LogP contribution >= 0.6 is 23.2 Å². The molecule has 1 aromatic rings. The molecule has 7 nitrogen and oxygen atoms in total. The number of ether oxygens (including phenoxy) is 1. The maximum Gasteiger partial charge on any atom is 0.239 e. The first-order valence-corrected chi connectivity index (χ1v) is 10.0. The summed E-state index contributed by atoms with van der Waals surface area (Å²) in [5.41, 5.74) is 0.165. The molecule has 1 rings (SSSR count). The van der Waals surface area contributed by atoms with Gasteiger partial charge in [0.2, 0.25) is 11.8 Å². The van der Waals surface area contributed by atoms with Crippen LogP contribution in [0, 0.1) is 0 Å². The Balaban J connectivity index is 2.81. The summed E-state index contributed by atoms with van der Waals surface area (Å²) in [4.78, 5) is 25.3. The van der Waals surface area contributed by atoms with Crippen molar-refractivity contribution in [1.82, 2.24) is 4.90 Å². The summed E-state index contributed by atoms with van der Waals surface area (Å²) in [5.74, 6) is -2.62. The molecule has 2 amide bonds. The van der Waals surface area contributed by atoms with Crippen LogP contribution in [-0.4, -0.2) is 56.8 Å². The van der Waals surface area contributed by atoms with E-state index in [0.717, 1.165) is 0 Å². The Bertz CT molecular complexity index is 749. The normalized spacial score (nSPS) is 11.1. The Labute approximate surface area is 157 Å². The van der Waals surface area contributed by atoms with Crippen molar-refractivity contribution < 1.29 is 22.7 Å². The van der Waals surface area contributed by atoms with Crippen molar-refractivity contribution >= 4 is 50.5 Å². The molecule has 140 valence electrons. The van der Waals surface area contributed by atoms with Crippen molar-refractivity contribution in [1.29, 1.82) is 0 Å². The smallest absolute Gasteiger partial charge is 0.239 e.